The van der Waals surface area contributed by atoms with Gasteiger partial charge in [-0.2, -0.15) is 0 Å². The van der Waals surface area contributed by atoms with Crippen LogP contribution >= 0.6 is 0 Å². The van der Waals surface area contributed by atoms with Gasteiger partial charge < -0.3 is 14.4 Å². The minimum Gasteiger partial charge on any atom is -0.444 e. The summed E-state index contributed by atoms with van der Waals surface area (Å²) in [5.74, 6) is 0. The minimum atomic E-state index is -0.436. The van der Waals surface area contributed by atoms with Crippen LogP contribution in [0.4, 0.5) is 4.79 Å². The van der Waals surface area contributed by atoms with E-state index in [1.54, 1.807) is 12.0 Å². The number of carbonyl (C=O) groups is 1. The molecule has 1 fully saturated rings. The maximum atomic E-state index is 11.8. The highest BCUT2D eigenvalue weighted by atomic mass is 16.6. The van der Waals surface area contributed by atoms with Crippen molar-refractivity contribution in [2.45, 2.75) is 31.9 Å². The molecule has 5 heteroatoms. The predicted molar refractivity (Wildman–Crippen MR) is 66.1 cm³/mol. The molecule has 1 heterocycles. The van der Waals surface area contributed by atoms with E-state index in [4.69, 9.17) is 9.47 Å². The highest BCUT2D eigenvalue weighted by Crippen LogP contribution is 2.27. The number of rotatable bonds is 3. The number of hydrogen-bond acceptors (Lipinski definition) is 4. The smallest absolute Gasteiger partial charge is 0.410 e. The van der Waals surface area contributed by atoms with Crippen LogP contribution in [0.1, 0.15) is 20.8 Å². The molecule has 0 bridgehead atoms. The van der Waals surface area contributed by atoms with E-state index in [2.05, 4.69) is 4.90 Å². The zero-order valence-electron chi connectivity index (χ0n) is 11.7. The fraction of sp³-hybridized carbons (Fsp3) is 0.917. The summed E-state index contributed by atoms with van der Waals surface area (Å²) in [4.78, 5) is 15.6. The Labute approximate surface area is 104 Å². The molecule has 0 N–H and O–H groups in total. The summed E-state index contributed by atoms with van der Waals surface area (Å²) in [6.07, 6.45) is -0.244. The van der Waals surface area contributed by atoms with Crippen molar-refractivity contribution in [1.82, 2.24) is 9.80 Å². The third-order valence-electron chi connectivity index (χ3n) is 2.98. The van der Waals surface area contributed by atoms with Gasteiger partial charge in [0.1, 0.15) is 5.60 Å². The molecule has 0 aromatic heterocycles. The standard InChI is InChI=1S/C12H24N2O3/c1-11(2,3)17-10(15)14-7-12(8-14,9-16-6)13(4)5/h7-9H2,1-6H3. The molecular formula is C12H24N2O3. The first-order chi connectivity index (χ1) is 7.70. The second kappa shape index (κ2) is 4.82. The zero-order chi connectivity index (χ0) is 13.3. The van der Waals surface area contributed by atoms with Crippen molar-refractivity contribution in [3.05, 3.63) is 0 Å². The van der Waals surface area contributed by atoms with E-state index < -0.39 is 5.60 Å². The summed E-state index contributed by atoms with van der Waals surface area (Å²) in [5, 5.41) is 0. The van der Waals surface area contributed by atoms with Crippen LogP contribution in [0, 0.1) is 0 Å². The molecule has 5 nitrogen and oxygen atoms in total. The molecule has 0 aromatic carbocycles. The first-order valence-corrected chi connectivity index (χ1v) is 5.84. The lowest BCUT2D eigenvalue weighted by molar-refractivity contribution is -0.0778. The SMILES string of the molecule is COCC1(N(C)C)CN(C(=O)OC(C)(C)C)C1. The van der Waals surface area contributed by atoms with Gasteiger partial charge in [-0.05, 0) is 34.9 Å². The molecule has 1 amide bonds. The maximum absolute atomic E-state index is 11.8. The molecule has 1 saturated heterocycles. The van der Waals surface area contributed by atoms with Crippen LogP contribution in [0.15, 0.2) is 0 Å². The first-order valence-electron chi connectivity index (χ1n) is 5.84. The number of hydrogen-bond donors (Lipinski definition) is 0. The quantitative estimate of drug-likeness (QED) is 0.747. The Kier molecular flexibility index (Phi) is 4.04. The number of amides is 1. The molecule has 1 aliphatic rings. The average molecular weight is 244 g/mol. The Balaban J connectivity index is 2.51. The number of carbonyl (C=O) groups excluding carboxylic acids is 1. The summed E-state index contributed by atoms with van der Waals surface area (Å²) in [5.41, 5.74) is -0.500. The van der Waals surface area contributed by atoms with Crippen molar-refractivity contribution in [3.8, 4) is 0 Å². The van der Waals surface area contributed by atoms with E-state index in [1.807, 2.05) is 34.9 Å². The second-order valence-electron chi connectivity index (χ2n) is 5.89. The van der Waals surface area contributed by atoms with Crippen molar-refractivity contribution in [1.29, 1.82) is 0 Å². The second-order valence-corrected chi connectivity index (χ2v) is 5.89. The Morgan fingerprint density at radius 1 is 1.35 bits per heavy atom. The van der Waals surface area contributed by atoms with Gasteiger partial charge in [0.2, 0.25) is 0 Å². The van der Waals surface area contributed by atoms with Crippen molar-refractivity contribution in [2.75, 3.05) is 40.9 Å². The van der Waals surface area contributed by atoms with E-state index in [9.17, 15) is 4.79 Å². The van der Waals surface area contributed by atoms with E-state index in [1.165, 1.54) is 0 Å². The third-order valence-corrected chi connectivity index (χ3v) is 2.98. The molecule has 0 aromatic rings. The van der Waals surface area contributed by atoms with Crippen molar-refractivity contribution in [3.63, 3.8) is 0 Å². The summed E-state index contributed by atoms with van der Waals surface area (Å²) in [6, 6.07) is 0. The number of nitrogens with zero attached hydrogens (tertiary/aromatic N) is 2. The molecule has 0 radical (unpaired) electrons. The van der Waals surface area contributed by atoms with Crippen LogP contribution in [0.3, 0.4) is 0 Å². The molecule has 0 aliphatic carbocycles. The zero-order valence-corrected chi connectivity index (χ0v) is 11.7. The van der Waals surface area contributed by atoms with Crippen LogP contribution in [0.5, 0.6) is 0 Å². The lowest BCUT2D eigenvalue weighted by atomic mass is 9.90. The molecule has 17 heavy (non-hydrogen) atoms. The Morgan fingerprint density at radius 2 is 1.88 bits per heavy atom. The number of likely N-dealkylation sites (N-methyl/N-ethyl adjacent to an activating group) is 1. The topological polar surface area (TPSA) is 42.0 Å². The Bertz CT molecular complexity index is 278. The summed E-state index contributed by atoms with van der Waals surface area (Å²) in [7, 11) is 5.69. The highest BCUT2D eigenvalue weighted by molar-refractivity contribution is 5.69. The van der Waals surface area contributed by atoms with Gasteiger partial charge in [-0.15, -0.1) is 0 Å². The average Bonchev–Trinajstić information content (AvgIpc) is 2.06. The number of likely N-dealkylation sites (tertiary alicyclic amines) is 1. The van der Waals surface area contributed by atoms with Gasteiger partial charge in [0.25, 0.3) is 0 Å². The monoisotopic (exact) mass is 244 g/mol. The predicted octanol–water partition coefficient (Wildman–Crippen LogP) is 1.18. The van der Waals surface area contributed by atoms with Crippen LogP contribution in [-0.4, -0.2) is 67.9 Å². The fourth-order valence-corrected chi connectivity index (χ4v) is 1.89. The number of ether oxygens (including phenoxy) is 2. The molecule has 0 saturated carbocycles. The van der Waals surface area contributed by atoms with Crippen molar-refractivity contribution < 1.29 is 14.3 Å². The summed E-state index contributed by atoms with van der Waals surface area (Å²) >= 11 is 0. The van der Waals surface area contributed by atoms with E-state index >= 15 is 0 Å². The van der Waals surface area contributed by atoms with Gasteiger partial charge in [-0.25, -0.2) is 4.79 Å². The van der Waals surface area contributed by atoms with Gasteiger partial charge >= 0.3 is 6.09 Å². The molecule has 0 unspecified atom stereocenters. The Hall–Kier alpha value is -0.810. The maximum Gasteiger partial charge on any atom is 0.410 e. The normalized spacial score (nSPS) is 19.1. The third kappa shape index (κ3) is 3.33. The van der Waals surface area contributed by atoms with Crippen LogP contribution in [-0.2, 0) is 9.47 Å². The lowest BCUT2D eigenvalue weighted by Crippen LogP contribution is -2.72. The van der Waals surface area contributed by atoms with Gasteiger partial charge in [-0.1, -0.05) is 0 Å². The van der Waals surface area contributed by atoms with Crippen molar-refractivity contribution in [2.24, 2.45) is 0 Å². The van der Waals surface area contributed by atoms with E-state index in [-0.39, 0.29) is 11.6 Å². The lowest BCUT2D eigenvalue weighted by Gasteiger charge is -2.53. The van der Waals surface area contributed by atoms with Crippen LogP contribution in [0.25, 0.3) is 0 Å². The highest BCUT2D eigenvalue weighted by Gasteiger charge is 2.48. The first kappa shape index (κ1) is 14.3. The van der Waals surface area contributed by atoms with Gasteiger partial charge in [0.15, 0.2) is 0 Å². The van der Waals surface area contributed by atoms with E-state index in [0.717, 1.165) is 0 Å². The van der Waals surface area contributed by atoms with Gasteiger partial charge in [-0.3, -0.25) is 4.90 Å². The van der Waals surface area contributed by atoms with Crippen molar-refractivity contribution >= 4 is 6.09 Å². The number of methoxy groups -OCH3 is 1. The van der Waals surface area contributed by atoms with E-state index in [0.29, 0.717) is 19.7 Å². The summed E-state index contributed by atoms with van der Waals surface area (Å²) < 4.78 is 10.5. The van der Waals surface area contributed by atoms with Gasteiger partial charge in [0.05, 0.1) is 12.1 Å². The van der Waals surface area contributed by atoms with Gasteiger partial charge in [0, 0.05) is 20.2 Å². The molecule has 100 valence electrons. The molecular weight excluding hydrogens is 220 g/mol. The minimum absolute atomic E-state index is 0.0638. The fourth-order valence-electron chi connectivity index (χ4n) is 1.89. The Morgan fingerprint density at radius 3 is 2.24 bits per heavy atom. The molecule has 1 aliphatic heterocycles. The molecule has 1 rings (SSSR count). The van der Waals surface area contributed by atoms with Crippen LogP contribution < -0.4 is 0 Å². The molecule has 0 atom stereocenters. The summed E-state index contributed by atoms with van der Waals surface area (Å²) in [6.45, 7) is 7.56. The van der Waals surface area contributed by atoms with Crippen LogP contribution in [0.2, 0.25) is 0 Å². The largest absolute Gasteiger partial charge is 0.444 e. The molecule has 0 spiro atoms.